The monoisotopic (exact) mass is 402 g/mol. The molecule has 152 valence electrons. The van der Waals surface area contributed by atoms with E-state index in [1.54, 1.807) is 31.6 Å². The van der Waals surface area contributed by atoms with Crippen LogP contribution in [0.2, 0.25) is 0 Å². The molecule has 8 nitrogen and oxygen atoms in total. The van der Waals surface area contributed by atoms with Crippen molar-refractivity contribution in [2.45, 2.75) is 44.7 Å². The Morgan fingerprint density at radius 1 is 1.20 bits per heavy atom. The molecule has 0 spiro atoms. The van der Waals surface area contributed by atoms with Crippen molar-refractivity contribution in [2.24, 2.45) is 0 Å². The van der Waals surface area contributed by atoms with Crippen LogP contribution in [0.5, 0.6) is 0 Å². The van der Waals surface area contributed by atoms with Gasteiger partial charge in [-0.25, -0.2) is 15.0 Å². The number of benzene rings is 1. The van der Waals surface area contributed by atoms with Crippen LogP contribution >= 0.6 is 0 Å². The largest absolute Gasteiger partial charge is 0.441 e. The lowest BCUT2D eigenvalue weighted by molar-refractivity contribution is 0.0921. The highest BCUT2D eigenvalue weighted by Gasteiger charge is 2.24. The third-order valence-electron chi connectivity index (χ3n) is 5.64. The summed E-state index contributed by atoms with van der Waals surface area (Å²) in [6.07, 6.45) is 10.9. The molecule has 0 saturated heterocycles. The highest BCUT2D eigenvalue weighted by atomic mass is 16.3. The molecule has 0 radical (unpaired) electrons. The zero-order valence-corrected chi connectivity index (χ0v) is 16.7. The highest BCUT2D eigenvalue weighted by Crippen LogP contribution is 2.29. The molecular weight excluding hydrogens is 380 g/mol. The van der Waals surface area contributed by atoms with Gasteiger partial charge in [-0.05, 0) is 49.9 Å². The predicted molar refractivity (Wildman–Crippen MR) is 111 cm³/mol. The normalized spacial score (nSPS) is 19.1. The summed E-state index contributed by atoms with van der Waals surface area (Å²) in [4.78, 5) is 25.2. The van der Waals surface area contributed by atoms with Gasteiger partial charge in [0.1, 0.15) is 11.8 Å². The Morgan fingerprint density at radius 2 is 2.07 bits per heavy atom. The van der Waals surface area contributed by atoms with Crippen LogP contribution in [0.3, 0.4) is 0 Å². The van der Waals surface area contributed by atoms with Crippen molar-refractivity contribution in [3.05, 3.63) is 60.6 Å². The second-order valence-corrected chi connectivity index (χ2v) is 7.70. The number of carbonyl (C=O) groups excluding carboxylic acids is 1. The molecule has 30 heavy (non-hydrogen) atoms. The topological polar surface area (TPSA) is 98.7 Å². The molecule has 0 aliphatic heterocycles. The number of fused-ring (bicyclic) bond motifs is 1. The van der Waals surface area contributed by atoms with Gasteiger partial charge < -0.3 is 9.73 Å². The van der Waals surface area contributed by atoms with Gasteiger partial charge in [0.2, 0.25) is 0 Å². The number of aryl methyl sites for hydroxylation is 1. The summed E-state index contributed by atoms with van der Waals surface area (Å²) in [5.74, 6) is 0.530. The van der Waals surface area contributed by atoms with Crippen LogP contribution in [0.1, 0.15) is 48.0 Å². The van der Waals surface area contributed by atoms with Crippen LogP contribution in [0.4, 0.5) is 0 Å². The van der Waals surface area contributed by atoms with Gasteiger partial charge in [-0.3, -0.25) is 9.48 Å². The van der Waals surface area contributed by atoms with Crippen LogP contribution in [0, 0.1) is 6.92 Å². The maximum atomic E-state index is 12.7. The van der Waals surface area contributed by atoms with Gasteiger partial charge in [0.25, 0.3) is 5.91 Å². The first-order chi connectivity index (χ1) is 14.7. The SMILES string of the molecule is Cc1nc2ccc(C(=O)NC3CCC(n4cc(-c5ccncn5)cn4)CC3)cc2o1. The number of hydrogen-bond donors (Lipinski definition) is 1. The first kappa shape index (κ1) is 18.5. The maximum absolute atomic E-state index is 12.7. The van der Waals surface area contributed by atoms with Crippen LogP contribution < -0.4 is 5.32 Å². The number of rotatable bonds is 4. The number of nitrogens with one attached hydrogen (secondary N) is 1. The lowest BCUT2D eigenvalue weighted by Gasteiger charge is -2.29. The zero-order chi connectivity index (χ0) is 20.5. The maximum Gasteiger partial charge on any atom is 0.251 e. The number of amides is 1. The summed E-state index contributed by atoms with van der Waals surface area (Å²) in [5, 5.41) is 7.70. The fraction of sp³-hybridized carbons (Fsp3) is 0.318. The molecule has 5 rings (SSSR count). The van der Waals surface area contributed by atoms with Crippen LogP contribution in [-0.4, -0.2) is 36.7 Å². The van der Waals surface area contributed by atoms with E-state index in [1.807, 2.05) is 29.2 Å². The Kier molecular flexibility index (Phi) is 4.74. The van der Waals surface area contributed by atoms with E-state index in [-0.39, 0.29) is 11.9 Å². The van der Waals surface area contributed by atoms with Crippen molar-refractivity contribution in [1.29, 1.82) is 0 Å². The van der Waals surface area contributed by atoms with Crippen molar-refractivity contribution in [1.82, 2.24) is 30.0 Å². The lowest BCUT2D eigenvalue weighted by atomic mass is 9.91. The van der Waals surface area contributed by atoms with Gasteiger partial charge in [0.05, 0.1) is 17.9 Å². The predicted octanol–water partition coefficient (Wildman–Crippen LogP) is 3.70. The lowest BCUT2D eigenvalue weighted by Crippen LogP contribution is -2.38. The fourth-order valence-corrected chi connectivity index (χ4v) is 4.07. The molecule has 0 atom stereocenters. The van der Waals surface area contributed by atoms with Crippen molar-refractivity contribution in [3.63, 3.8) is 0 Å². The third kappa shape index (κ3) is 3.68. The summed E-state index contributed by atoms with van der Waals surface area (Å²) in [6.45, 7) is 1.80. The van der Waals surface area contributed by atoms with E-state index in [1.165, 1.54) is 0 Å². The molecule has 3 aromatic heterocycles. The molecule has 3 heterocycles. The summed E-state index contributed by atoms with van der Waals surface area (Å²) in [7, 11) is 0. The quantitative estimate of drug-likeness (QED) is 0.559. The number of hydrogen-bond acceptors (Lipinski definition) is 6. The number of aromatic nitrogens is 5. The number of oxazole rings is 1. The van der Waals surface area contributed by atoms with E-state index >= 15 is 0 Å². The molecule has 1 N–H and O–H groups in total. The van der Waals surface area contributed by atoms with Crippen molar-refractivity contribution >= 4 is 17.0 Å². The summed E-state index contributed by atoms with van der Waals surface area (Å²) in [6, 6.07) is 7.76. The molecule has 8 heteroatoms. The van der Waals surface area contributed by atoms with Gasteiger partial charge in [0, 0.05) is 36.5 Å². The minimum absolute atomic E-state index is 0.0699. The van der Waals surface area contributed by atoms with Crippen LogP contribution in [0.15, 0.2) is 53.6 Å². The Hall–Kier alpha value is -3.55. The molecule has 1 aliphatic rings. The standard InChI is InChI=1S/C22H22N6O2/c1-14-26-20-7-2-15(10-21(20)30-14)22(29)27-17-3-5-18(6-4-17)28-12-16(11-25-28)19-8-9-23-13-24-19/h2,7-13,17-18H,3-6H2,1H3,(H,27,29). The molecule has 1 saturated carbocycles. The van der Waals surface area contributed by atoms with Gasteiger partial charge in [-0.1, -0.05) is 0 Å². The van der Waals surface area contributed by atoms with E-state index in [4.69, 9.17) is 4.42 Å². The van der Waals surface area contributed by atoms with E-state index in [0.29, 0.717) is 23.1 Å². The van der Waals surface area contributed by atoms with E-state index in [9.17, 15) is 4.79 Å². The molecule has 0 bridgehead atoms. The van der Waals surface area contributed by atoms with Crippen LogP contribution in [0.25, 0.3) is 22.4 Å². The third-order valence-corrected chi connectivity index (χ3v) is 5.64. The molecule has 1 aliphatic carbocycles. The minimum atomic E-state index is -0.0699. The van der Waals surface area contributed by atoms with E-state index < -0.39 is 0 Å². The first-order valence-electron chi connectivity index (χ1n) is 10.1. The summed E-state index contributed by atoms with van der Waals surface area (Å²) < 4.78 is 7.56. The second kappa shape index (κ2) is 7.70. The van der Waals surface area contributed by atoms with Gasteiger partial charge in [0.15, 0.2) is 11.5 Å². The average Bonchev–Trinajstić information content (AvgIpc) is 3.40. The molecule has 1 amide bonds. The molecular formula is C22H22N6O2. The van der Waals surface area contributed by atoms with E-state index in [0.717, 1.165) is 42.5 Å². The van der Waals surface area contributed by atoms with Crippen molar-refractivity contribution in [2.75, 3.05) is 0 Å². The molecule has 0 unspecified atom stereocenters. The number of nitrogens with zero attached hydrogens (tertiary/aromatic N) is 5. The Balaban J connectivity index is 1.19. The average molecular weight is 402 g/mol. The van der Waals surface area contributed by atoms with Crippen molar-refractivity contribution in [3.8, 4) is 11.3 Å². The molecule has 1 aromatic carbocycles. The zero-order valence-electron chi connectivity index (χ0n) is 16.7. The summed E-state index contributed by atoms with van der Waals surface area (Å²) >= 11 is 0. The molecule has 1 fully saturated rings. The minimum Gasteiger partial charge on any atom is -0.441 e. The Labute approximate surface area is 173 Å². The number of carbonyl (C=O) groups is 1. The van der Waals surface area contributed by atoms with Crippen molar-refractivity contribution < 1.29 is 9.21 Å². The van der Waals surface area contributed by atoms with Gasteiger partial charge in [-0.15, -0.1) is 0 Å². The van der Waals surface area contributed by atoms with Gasteiger partial charge >= 0.3 is 0 Å². The van der Waals surface area contributed by atoms with Crippen LogP contribution in [-0.2, 0) is 0 Å². The Bertz CT molecular complexity index is 1170. The highest BCUT2D eigenvalue weighted by molar-refractivity contribution is 5.97. The Morgan fingerprint density at radius 3 is 2.87 bits per heavy atom. The molecule has 4 aromatic rings. The first-order valence-corrected chi connectivity index (χ1v) is 10.1. The second-order valence-electron chi connectivity index (χ2n) is 7.70. The van der Waals surface area contributed by atoms with E-state index in [2.05, 4.69) is 25.4 Å². The smallest absolute Gasteiger partial charge is 0.251 e. The fourth-order valence-electron chi connectivity index (χ4n) is 4.07. The van der Waals surface area contributed by atoms with Gasteiger partial charge in [-0.2, -0.15) is 5.10 Å². The summed E-state index contributed by atoms with van der Waals surface area (Å²) in [5.41, 5.74) is 3.87.